The maximum atomic E-state index is 6.09. The summed E-state index contributed by atoms with van der Waals surface area (Å²) in [6, 6.07) is 6.53. The van der Waals surface area contributed by atoms with E-state index in [-0.39, 0.29) is 0 Å². The number of anilines is 1. The Hall–Kier alpha value is -1.36. The lowest BCUT2D eigenvalue weighted by Gasteiger charge is -2.49. The van der Waals surface area contributed by atoms with Gasteiger partial charge in [0.2, 0.25) is 5.95 Å². The molecular weight excluding hydrogens is 343 g/mol. The number of fused-ring (bicyclic) bond motifs is 3. The third-order valence-corrected chi connectivity index (χ3v) is 6.12. The zero-order valence-electron chi connectivity index (χ0n) is 13.5. The molecule has 5 rings (SSSR count). The Balaban J connectivity index is 1.50. The average molecular weight is 363 g/mol. The highest BCUT2D eigenvalue weighted by Crippen LogP contribution is 2.34. The minimum Gasteiger partial charge on any atom is -0.350 e. The molecule has 0 spiro atoms. The Bertz CT molecular complexity index is 724. The number of benzene rings is 1. The van der Waals surface area contributed by atoms with E-state index in [0.29, 0.717) is 28.1 Å². The molecule has 0 saturated carbocycles. The standard InChI is InChI=1S/C18H20Cl2N4/c1-11-17(12-4-6-24(11)7-5-12)23-18-21-9-14(10-22-18)13-2-3-15(19)16(20)8-13/h2-3,8-12,17H,4-7H2,1H3,(H,21,22,23)/t11-,17+/m1/s1. The van der Waals surface area contributed by atoms with Gasteiger partial charge in [-0.2, -0.15) is 0 Å². The van der Waals surface area contributed by atoms with Crippen molar-refractivity contribution in [2.24, 2.45) is 5.92 Å². The second kappa shape index (κ2) is 6.51. The quantitative estimate of drug-likeness (QED) is 0.881. The minimum atomic E-state index is 0.434. The molecule has 0 amide bonds. The van der Waals surface area contributed by atoms with Crippen molar-refractivity contribution in [2.45, 2.75) is 31.8 Å². The van der Waals surface area contributed by atoms with Gasteiger partial charge in [-0.15, -0.1) is 0 Å². The summed E-state index contributed by atoms with van der Waals surface area (Å²) in [4.78, 5) is 11.6. The number of hydrogen-bond donors (Lipinski definition) is 1. The summed E-state index contributed by atoms with van der Waals surface area (Å²) in [6.45, 7) is 4.75. The van der Waals surface area contributed by atoms with Crippen LogP contribution < -0.4 is 5.32 Å². The molecule has 0 aliphatic carbocycles. The molecule has 0 radical (unpaired) electrons. The number of aromatic nitrogens is 2. The first-order chi connectivity index (χ1) is 11.6. The fourth-order valence-corrected chi connectivity index (χ4v) is 4.22. The summed E-state index contributed by atoms with van der Waals surface area (Å²) in [7, 11) is 0. The smallest absolute Gasteiger partial charge is 0.222 e. The molecule has 1 aromatic carbocycles. The Morgan fingerprint density at radius 3 is 2.38 bits per heavy atom. The highest BCUT2D eigenvalue weighted by Gasteiger charge is 2.39. The van der Waals surface area contributed by atoms with Gasteiger partial charge in [-0.3, -0.25) is 4.90 Å². The van der Waals surface area contributed by atoms with Crippen molar-refractivity contribution in [3.05, 3.63) is 40.6 Å². The summed E-state index contributed by atoms with van der Waals surface area (Å²) in [5.74, 6) is 1.42. The number of halogens is 2. The lowest BCUT2D eigenvalue weighted by Crippen LogP contribution is -2.59. The predicted molar refractivity (Wildman–Crippen MR) is 98.7 cm³/mol. The van der Waals surface area contributed by atoms with Crippen LogP contribution in [-0.2, 0) is 0 Å². The van der Waals surface area contributed by atoms with E-state index in [4.69, 9.17) is 23.2 Å². The lowest BCUT2D eigenvalue weighted by molar-refractivity contribution is 0.0455. The van der Waals surface area contributed by atoms with Crippen molar-refractivity contribution in [3.8, 4) is 11.1 Å². The average Bonchev–Trinajstić information content (AvgIpc) is 2.61. The summed E-state index contributed by atoms with van der Waals surface area (Å²) in [5, 5.41) is 4.64. The van der Waals surface area contributed by atoms with Gasteiger partial charge in [-0.25, -0.2) is 9.97 Å². The molecular formula is C18H20Cl2N4. The molecule has 2 bridgehead atoms. The van der Waals surface area contributed by atoms with Crippen LogP contribution in [0.15, 0.2) is 30.6 Å². The summed E-state index contributed by atoms with van der Waals surface area (Å²) < 4.78 is 0. The van der Waals surface area contributed by atoms with Crippen LogP contribution >= 0.6 is 23.2 Å². The van der Waals surface area contributed by atoms with Gasteiger partial charge in [0.25, 0.3) is 0 Å². The molecule has 1 N–H and O–H groups in total. The number of nitrogens with zero attached hydrogens (tertiary/aromatic N) is 3. The van der Waals surface area contributed by atoms with Gasteiger partial charge in [-0.05, 0) is 56.5 Å². The van der Waals surface area contributed by atoms with Gasteiger partial charge >= 0.3 is 0 Å². The minimum absolute atomic E-state index is 0.434. The van der Waals surface area contributed by atoms with Crippen molar-refractivity contribution in [1.82, 2.24) is 14.9 Å². The zero-order valence-corrected chi connectivity index (χ0v) is 15.1. The summed E-state index contributed by atoms with van der Waals surface area (Å²) >= 11 is 12.1. The molecule has 3 aliphatic rings. The predicted octanol–water partition coefficient (Wildman–Crippen LogP) is 4.35. The van der Waals surface area contributed by atoms with Crippen LogP contribution in [0.2, 0.25) is 10.0 Å². The van der Waals surface area contributed by atoms with Gasteiger partial charge in [0, 0.05) is 30.0 Å². The molecule has 4 nitrogen and oxygen atoms in total. The van der Waals surface area contributed by atoms with Crippen LogP contribution in [0.4, 0.5) is 5.95 Å². The van der Waals surface area contributed by atoms with E-state index < -0.39 is 0 Å². The second-order valence-electron chi connectivity index (χ2n) is 6.71. The Morgan fingerprint density at radius 2 is 1.75 bits per heavy atom. The molecule has 3 fully saturated rings. The fraction of sp³-hybridized carbons (Fsp3) is 0.444. The summed E-state index contributed by atoms with van der Waals surface area (Å²) in [6.07, 6.45) is 6.20. The first-order valence-electron chi connectivity index (χ1n) is 8.40. The van der Waals surface area contributed by atoms with Gasteiger partial charge in [0.15, 0.2) is 0 Å². The maximum Gasteiger partial charge on any atom is 0.222 e. The van der Waals surface area contributed by atoms with E-state index in [1.165, 1.54) is 25.9 Å². The first-order valence-corrected chi connectivity index (χ1v) is 9.15. The highest BCUT2D eigenvalue weighted by atomic mass is 35.5. The number of nitrogens with one attached hydrogen (secondary N) is 1. The normalized spacial score (nSPS) is 28.8. The Kier molecular flexibility index (Phi) is 4.37. The van der Waals surface area contributed by atoms with Crippen LogP contribution in [0.1, 0.15) is 19.8 Å². The Labute approximate surface area is 152 Å². The van der Waals surface area contributed by atoms with Crippen LogP contribution in [0.3, 0.4) is 0 Å². The molecule has 1 aromatic heterocycles. The van der Waals surface area contributed by atoms with E-state index in [1.807, 2.05) is 24.5 Å². The number of piperidine rings is 3. The lowest BCUT2D eigenvalue weighted by atomic mass is 9.79. The molecule has 4 heterocycles. The molecule has 126 valence electrons. The van der Waals surface area contributed by atoms with E-state index in [2.05, 4.69) is 27.1 Å². The van der Waals surface area contributed by atoms with Crippen molar-refractivity contribution < 1.29 is 0 Å². The fourth-order valence-electron chi connectivity index (χ4n) is 3.92. The van der Waals surface area contributed by atoms with Crippen molar-refractivity contribution in [3.63, 3.8) is 0 Å². The monoisotopic (exact) mass is 362 g/mol. The van der Waals surface area contributed by atoms with E-state index in [1.54, 1.807) is 6.07 Å². The zero-order chi connectivity index (χ0) is 16.7. The van der Waals surface area contributed by atoms with Gasteiger partial charge in [-0.1, -0.05) is 29.3 Å². The van der Waals surface area contributed by atoms with Crippen LogP contribution in [0.25, 0.3) is 11.1 Å². The highest BCUT2D eigenvalue weighted by molar-refractivity contribution is 6.42. The SMILES string of the molecule is C[C@@H]1[C@H](Nc2ncc(-c3ccc(Cl)c(Cl)c3)cn2)C2CCN1CC2. The Morgan fingerprint density at radius 1 is 1.04 bits per heavy atom. The topological polar surface area (TPSA) is 41.1 Å². The summed E-state index contributed by atoms with van der Waals surface area (Å²) in [5.41, 5.74) is 1.90. The third-order valence-electron chi connectivity index (χ3n) is 5.38. The van der Waals surface area contributed by atoms with E-state index >= 15 is 0 Å². The van der Waals surface area contributed by atoms with E-state index in [0.717, 1.165) is 17.0 Å². The third kappa shape index (κ3) is 2.99. The van der Waals surface area contributed by atoms with Crippen LogP contribution in [0, 0.1) is 5.92 Å². The molecule has 3 saturated heterocycles. The first kappa shape index (κ1) is 16.1. The van der Waals surface area contributed by atoms with Gasteiger partial charge in [0.05, 0.1) is 10.0 Å². The number of hydrogen-bond acceptors (Lipinski definition) is 4. The molecule has 6 heteroatoms. The van der Waals surface area contributed by atoms with Crippen molar-refractivity contribution >= 4 is 29.2 Å². The molecule has 2 atom stereocenters. The molecule has 24 heavy (non-hydrogen) atoms. The van der Waals surface area contributed by atoms with Gasteiger partial charge in [0.1, 0.15) is 0 Å². The molecule has 2 aromatic rings. The van der Waals surface area contributed by atoms with Crippen molar-refractivity contribution in [2.75, 3.05) is 18.4 Å². The van der Waals surface area contributed by atoms with Crippen LogP contribution in [-0.4, -0.2) is 40.0 Å². The van der Waals surface area contributed by atoms with Crippen LogP contribution in [0.5, 0.6) is 0 Å². The molecule has 3 aliphatic heterocycles. The molecule has 0 unspecified atom stereocenters. The number of rotatable bonds is 3. The maximum absolute atomic E-state index is 6.09. The van der Waals surface area contributed by atoms with Crippen molar-refractivity contribution in [1.29, 1.82) is 0 Å². The van der Waals surface area contributed by atoms with Gasteiger partial charge < -0.3 is 5.32 Å². The second-order valence-corrected chi connectivity index (χ2v) is 7.52. The van der Waals surface area contributed by atoms with E-state index in [9.17, 15) is 0 Å². The largest absolute Gasteiger partial charge is 0.350 e.